The van der Waals surface area contributed by atoms with Crippen molar-refractivity contribution in [3.05, 3.63) is 25.9 Å². The second-order valence-electron chi connectivity index (χ2n) is 2.20. The van der Waals surface area contributed by atoms with E-state index in [0.29, 0.717) is 0 Å². The molecule has 0 saturated carbocycles. The largest absolute Gasteiger partial charge is 0.249 e. The summed E-state index contributed by atoms with van der Waals surface area (Å²) in [6, 6.07) is 3.85. The summed E-state index contributed by atoms with van der Waals surface area (Å²) in [6.45, 7) is 0. The van der Waals surface area contributed by atoms with Crippen LogP contribution in [0.4, 0.5) is 0 Å². The van der Waals surface area contributed by atoms with E-state index in [-0.39, 0.29) is 0 Å². The molecule has 0 radical (unpaired) electrons. The lowest BCUT2D eigenvalue weighted by Gasteiger charge is -1.95. The van der Waals surface area contributed by atoms with E-state index >= 15 is 0 Å². The SMILES string of the molecule is Brc1ncccc1-c1nnc(I)s1. The van der Waals surface area contributed by atoms with Crippen molar-refractivity contribution in [1.29, 1.82) is 0 Å². The molecule has 0 bridgehead atoms. The summed E-state index contributed by atoms with van der Waals surface area (Å²) in [5.74, 6) is 0. The average Bonchev–Trinajstić information content (AvgIpc) is 2.53. The molecule has 2 aromatic rings. The van der Waals surface area contributed by atoms with E-state index in [1.165, 1.54) is 0 Å². The van der Waals surface area contributed by atoms with Crippen molar-refractivity contribution in [2.75, 3.05) is 0 Å². The molecule has 0 aromatic carbocycles. The zero-order valence-electron chi connectivity index (χ0n) is 6.24. The second kappa shape index (κ2) is 3.97. The third kappa shape index (κ3) is 2.05. The molecule has 6 heteroatoms. The van der Waals surface area contributed by atoms with Crippen LogP contribution in [0.25, 0.3) is 10.6 Å². The fourth-order valence-electron chi connectivity index (χ4n) is 0.860. The standard InChI is InChI=1S/C7H3BrIN3S/c8-5-4(2-1-3-10-5)6-11-12-7(9)13-6/h1-3H. The van der Waals surface area contributed by atoms with Crippen LogP contribution in [0.3, 0.4) is 0 Å². The second-order valence-corrected chi connectivity index (χ2v) is 5.68. The maximum Gasteiger partial charge on any atom is 0.178 e. The first-order valence-corrected chi connectivity index (χ1v) is 6.06. The molecule has 2 rings (SSSR count). The predicted octanol–water partition coefficient (Wildman–Crippen LogP) is 2.97. The van der Waals surface area contributed by atoms with Crippen LogP contribution in [-0.2, 0) is 0 Å². The summed E-state index contributed by atoms with van der Waals surface area (Å²) >= 11 is 7.07. The van der Waals surface area contributed by atoms with Gasteiger partial charge in [-0.25, -0.2) is 4.98 Å². The summed E-state index contributed by atoms with van der Waals surface area (Å²) in [4.78, 5) is 4.12. The molecule has 0 aliphatic rings. The Bertz CT molecular complexity index is 431. The van der Waals surface area contributed by atoms with E-state index < -0.39 is 0 Å². The van der Waals surface area contributed by atoms with E-state index in [9.17, 15) is 0 Å². The zero-order chi connectivity index (χ0) is 9.26. The molecule has 0 atom stereocenters. The summed E-state index contributed by atoms with van der Waals surface area (Å²) in [5, 5.41) is 8.87. The normalized spacial score (nSPS) is 10.3. The van der Waals surface area contributed by atoms with Crippen LogP contribution < -0.4 is 0 Å². The van der Waals surface area contributed by atoms with Crippen molar-refractivity contribution >= 4 is 49.9 Å². The highest BCUT2D eigenvalue weighted by Gasteiger charge is 2.08. The smallest absolute Gasteiger partial charge is 0.178 e. The number of pyridine rings is 1. The Balaban J connectivity index is 2.52. The highest BCUT2D eigenvalue weighted by atomic mass is 127. The van der Waals surface area contributed by atoms with E-state index in [0.717, 1.165) is 18.2 Å². The number of aromatic nitrogens is 3. The molecule has 2 aromatic heterocycles. The van der Waals surface area contributed by atoms with E-state index in [1.54, 1.807) is 17.5 Å². The Labute approximate surface area is 101 Å². The summed E-state index contributed by atoms with van der Waals surface area (Å²) in [6.07, 6.45) is 1.74. The lowest BCUT2D eigenvalue weighted by atomic mass is 10.3. The molecule has 0 fully saturated rings. The van der Waals surface area contributed by atoms with Gasteiger partial charge < -0.3 is 0 Å². The van der Waals surface area contributed by atoms with E-state index in [2.05, 4.69) is 53.7 Å². The maximum atomic E-state index is 4.12. The third-order valence-electron chi connectivity index (χ3n) is 1.39. The molecule has 0 unspecified atom stereocenters. The topological polar surface area (TPSA) is 38.7 Å². The maximum absolute atomic E-state index is 4.12. The van der Waals surface area contributed by atoms with Crippen molar-refractivity contribution in [2.45, 2.75) is 0 Å². The van der Waals surface area contributed by atoms with Crippen LogP contribution >= 0.6 is 49.9 Å². The van der Waals surface area contributed by atoms with Gasteiger partial charge in [-0.15, -0.1) is 10.2 Å². The average molecular weight is 368 g/mol. The van der Waals surface area contributed by atoms with Crippen LogP contribution in [0.1, 0.15) is 0 Å². The summed E-state index contributed by atoms with van der Waals surface area (Å²) in [5.41, 5.74) is 0.989. The fraction of sp³-hybridized carbons (Fsp3) is 0. The summed E-state index contributed by atoms with van der Waals surface area (Å²) in [7, 11) is 0. The van der Waals surface area contributed by atoms with Crippen molar-refractivity contribution < 1.29 is 0 Å². The minimum atomic E-state index is 0.808. The van der Waals surface area contributed by atoms with Crippen molar-refractivity contribution in [3.8, 4) is 10.6 Å². The third-order valence-corrected chi connectivity index (χ3v) is 3.64. The van der Waals surface area contributed by atoms with Crippen LogP contribution in [-0.4, -0.2) is 15.2 Å². The number of hydrogen-bond acceptors (Lipinski definition) is 4. The van der Waals surface area contributed by atoms with Gasteiger partial charge in [0.1, 0.15) is 4.60 Å². The van der Waals surface area contributed by atoms with Gasteiger partial charge in [0, 0.05) is 11.8 Å². The highest BCUT2D eigenvalue weighted by Crippen LogP contribution is 2.28. The van der Waals surface area contributed by atoms with Crippen molar-refractivity contribution in [1.82, 2.24) is 15.2 Å². The lowest BCUT2D eigenvalue weighted by Crippen LogP contribution is -1.81. The molecule has 0 N–H and O–H groups in total. The number of hydrogen-bond donors (Lipinski definition) is 0. The van der Waals surface area contributed by atoms with Gasteiger partial charge in [0.2, 0.25) is 0 Å². The molecule has 3 nitrogen and oxygen atoms in total. The molecule has 13 heavy (non-hydrogen) atoms. The van der Waals surface area contributed by atoms with E-state index in [4.69, 9.17) is 0 Å². The van der Waals surface area contributed by atoms with Gasteiger partial charge in [0.05, 0.1) is 0 Å². The predicted molar refractivity (Wildman–Crippen MR) is 63.6 cm³/mol. The molecule has 0 amide bonds. The Morgan fingerprint density at radius 3 is 2.85 bits per heavy atom. The monoisotopic (exact) mass is 367 g/mol. The Hall–Kier alpha value is -0.0800. The molecular formula is C7H3BrIN3S. The fourth-order valence-corrected chi connectivity index (χ4v) is 2.76. The first kappa shape index (κ1) is 9.47. The molecule has 2 heterocycles. The quantitative estimate of drug-likeness (QED) is 0.574. The van der Waals surface area contributed by atoms with Crippen LogP contribution in [0.5, 0.6) is 0 Å². The van der Waals surface area contributed by atoms with Crippen LogP contribution in [0.2, 0.25) is 0 Å². The van der Waals surface area contributed by atoms with Gasteiger partial charge in [0.25, 0.3) is 0 Å². The first-order valence-electron chi connectivity index (χ1n) is 3.37. The van der Waals surface area contributed by atoms with Gasteiger partial charge in [-0.2, -0.15) is 0 Å². The molecular weight excluding hydrogens is 365 g/mol. The highest BCUT2D eigenvalue weighted by molar-refractivity contribution is 14.1. The zero-order valence-corrected chi connectivity index (χ0v) is 10.8. The van der Waals surface area contributed by atoms with Crippen LogP contribution in [0, 0.1) is 3.01 Å². The number of halogens is 2. The van der Waals surface area contributed by atoms with E-state index in [1.807, 2.05) is 12.1 Å². The minimum Gasteiger partial charge on any atom is -0.249 e. The Kier molecular flexibility index (Phi) is 2.89. The number of rotatable bonds is 1. The Morgan fingerprint density at radius 2 is 2.23 bits per heavy atom. The minimum absolute atomic E-state index is 0.808. The molecule has 0 aliphatic heterocycles. The van der Waals surface area contributed by atoms with Gasteiger partial charge in [-0.05, 0) is 50.7 Å². The van der Waals surface area contributed by atoms with Crippen molar-refractivity contribution in [3.63, 3.8) is 0 Å². The molecule has 66 valence electrons. The summed E-state index contributed by atoms with van der Waals surface area (Å²) < 4.78 is 1.74. The lowest BCUT2D eigenvalue weighted by molar-refractivity contribution is 1.07. The van der Waals surface area contributed by atoms with Gasteiger partial charge in [-0.1, -0.05) is 11.3 Å². The molecule has 0 aliphatic carbocycles. The van der Waals surface area contributed by atoms with Gasteiger partial charge in [-0.3, -0.25) is 0 Å². The number of nitrogens with zero attached hydrogens (tertiary/aromatic N) is 3. The van der Waals surface area contributed by atoms with Crippen LogP contribution in [0.15, 0.2) is 22.9 Å². The molecule has 0 saturated heterocycles. The van der Waals surface area contributed by atoms with Gasteiger partial charge >= 0.3 is 0 Å². The molecule has 0 spiro atoms. The Morgan fingerprint density at radius 1 is 1.38 bits per heavy atom. The van der Waals surface area contributed by atoms with Gasteiger partial charge in [0.15, 0.2) is 8.02 Å². The first-order chi connectivity index (χ1) is 6.27. The van der Waals surface area contributed by atoms with Crippen molar-refractivity contribution in [2.24, 2.45) is 0 Å².